The van der Waals surface area contributed by atoms with E-state index in [9.17, 15) is 24.6 Å². The number of hydrogen-bond donors (Lipinski definition) is 3. The van der Waals surface area contributed by atoms with Crippen molar-refractivity contribution in [2.45, 2.75) is 20.3 Å². The molecule has 2 aromatic heterocycles. The highest BCUT2D eigenvalue weighted by Crippen LogP contribution is 2.24. The summed E-state index contributed by atoms with van der Waals surface area (Å²) in [6, 6.07) is 5.34. The Labute approximate surface area is 168 Å². The van der Waals surface area contributed by atoms with Crippen molar-refractivity contribution in [3.05, 3.63) is 63.0 Å². The normalized spacial score (nSPS) is 10.8. The second-order valence-electron chi connectivity index (χ2n) is 6.18. The number of imidazole rings is 1. The number of halogens is 1. The Morgan fingerprint density at radius 3 is 2.25 bits per heavy atom. The van der Waals surface area contributed by atoms with E-state index < -0.39 is 17.8 Å². The first-order valence-corrected chi connectivity index (χ1v) is 9.10. The second-order valence-corrected chi connectivity index (χ2v) is 7.04. The highest BCUT2D eigenvalue weighted by Gasteiger charge is 2.21. The standard InChI is InChI=1S/C19H16BrN3O5/c1-3-14-15(23-8-9(2)4-13(20)16(23)22-14)17(24)21-12-6-10(18(25)26)5-11(7-12)19(27)28/h4-8H,3H2,1-2H3,(H,21,24)(H,25,26)(H,27,28). The maximum absolute atomic E-state index is 13.0. The van der Waals surface area contributed by atoms with E-state index in [1.54, 1.807) is 10.6 Å². The Bertz CT molecular complexity index is 1100. The molecule has 0 aliphatic rings. The van der Waals surface area contributed by atoms with Crippen LogP contribution in [0.1, 0.15) is 49.4 Å². The number of pyridine rings is 1. The number of aromatic carboxylic acids is 2. The van der Waals surface area contributed by atoms with Crippen molar-refractivity contribution in [1.82, 2.24) is 9.38 Å². The smallest absolute Gasteiger partial charge is 0.335 e. The molecule has 28 heavy (non-hydrogen) atoms. The Morgan fingerprint density at radius 1 is 1.11 bits per heavy atom. The maximum atomic E-state index is 13.0. The zero-order valence-electron chi connectivity index (χ0n) is 15.0. The van der Waals surface area contributed by atoms with Gasteiger partial charge < -0.3 is 15.5 Å². The number of aromatic nitrogens is 2. The average Bonchev–Trinajstić information content (AvgIpc) is 3.00. The van der Waals surface area contributed by atoms with Gasteiger partial charge in [-0.1, -0.05) is 6.92 Å². The second kappa shape index (κ2) is 7.43. The fourth-order valence-corrected chi connectivity index (χ4v) is 3.54. The number of carbonyl (C=O) groups excluding carboxylic acids is 1. The zero-order valence-corrected chi connectivity index (χ0v) is 16.6. The van der Waals surface area contributed by atoms with Crippen LogP contribution in [0.2, 0.25) is 0 Å². The van der Waals surface area contributed by atoms with Crippen LogP contribution in [0.4, 0.5) is 5.69 Å². The van der Waals surface area contributed by atoms with Gasteiger partial charge in [-0.05, 0) is 59.1 Å². The molecule has 3 N–H and O–H groups in total. The molecule has 0 saturated carbocycles. The highest BCUT2D eigenvalue weighted by atomic mass is 79.9. The van der Waals surface area contributed by atoms with Gasteiger partial charge in [0.1, 0.15) is 5.69 Å². The minimum Gasteiger partial charge on any atom is -0.478 e. The van der Waals surface area contributed by atoms with Gasteiger partial charge in [-0.15, -0.1) is 0 Å². The molecule has 0 radical (unpaired) electrons. The molecule has 0 saturated heterocycles. The topological polar surface area (TPSA) is 121 Å². The lowest BCUT2D eigenvalue weighted by molar-refractivity contribution is 0.0696. The first kappa shape index (κ1) is 19.6. The van der Waals surface area contributed by atoms with Gasteiger partial charge in [0.05, 0.1) is 21.3 Å². The molecule has 3 aromatic rings. The van der Waals surface area contributed by atoms with Crippen LogP contribution in [0, 0.1) is 6.92 Å². The highest BCUT2D eigenvalue weighted by molar-refractivity contribution is 9.10. The van der Waals surface area contributed by atoms with Crippen LogP contribution in [-0.4, -0.2) is 37.4 Å². The summed E-state index contributed by atoms with van der Waals surface area (Å²) in [4.78, 5) is 40.0. The number of amides is 1. The third-order valence-electron chi connectivity index (χ3n) is 4.12. The van der Waals surface area contributed by atoms with Gasteiger partial charge in [0.15, 0.2) is 5.65 Å². The molecule has 0 unspecified atom stereocenters. The Kier molecular flexibility index (Phi) is 5.19. The summed E-state index contributed by atoms with van der Waals surface area (Å²) in [6.45, 7) is 3.75. The third-order valence-corrected chi connectivity index (χ3v) is 4.70. The van der Waals surface area contributed by atoms with Crippen LogP contribution in [0.25, 0.3) is 5.65 Å². The molecule has 0 atom stereocenters. The molecule has 0 spiro atoms. The quantitative estimate of drug-likeness (QED) is 0.551. The van der Waals surface area contributed by atoms with Crippen molar-refractivity contribution in [2.75, 3.05) is 5.32 Å². The van der Waals surface area contributed by atoms with Crippen LogP contribution in [-0.2, 0) is 6.42 Å². The molecule has 1 amide bonds. The number of aryl methyl sites for hydroxylation is 2. The minimum atomic E-state index is -1.29. The zero-order chi connectivity index (χ0) is 20.6. The van der Waals surface area contributed by atoms with Crippen molar-refractivity contribution < 1.29 is 24.6 Å². The number of rotatable bonds is 5. The predicted molar refractivity (Wildman–Crippen MR) is 105 cm³/mol. The summed E-state index contributed by atoms with van der Waals surface area (Å²) in [7, 11) is 0. The number of carboxylic acid groups (broad SMARTS) is 2. The molecule has 0 fully saturated rings. The van der Waals surface area contributed by atoms with Gasteiger partial charge in [-0.25, -0.2) is 14.6 Å². The van der Waals surface area contributed by atoms with Crippen LogP contribution < -0.4 is 5.32 Å². The third kappa shape index (κ3) is 3.61. The van der Waals surface area contributed by atoms with Gasteiger partial charge in [0, 0.05) is 11.9 Å². The van der Waals surface area contributed by atoms with Crippen molar-refractivity contribution in [3.63, 3.8) is 0 Å². The molecular weight excluding hydrogens is 430 g/mol. The summed E-state index contributed by atoms with van der Waals surface area (Å²) in [5, 5.41) is 21.0. The Hall–Kier alpha value is -3.20. The van der Waals surface area contributed by atoms with E-state index in [1.165, 1.54) is 12.1 Å². The maximum Gasteiger partial charge on any atom is 0.335 e. The molecule has 0 aliphatic heterocycles. The summed E-state index contributed by atoms with van der Waals surface area (Å²) >= 11 is 3.45. The first-order chi connectivity index (χ1) is 13.2. The molecule has 0 bridgehead atoms. The summed E-state index contributed by atoms with van der Waals surface area (Å²) in [6.07, 6.45) is 2.28. The largest absolute Gasteiger partial charge is 0.478 e. The molecule has 3 rings (SSSR count). The van der Waals surface area contributed by atoms with Crippen LogP contribution >= 0.6 is 15.9 Å². The molecular formula is C19H16BrN3O5. The Morgan fingerprint density at radius 2 is 1.71 bits per heavy atom. The van der Waals surface area contributed by atoms with E-state index in [1.807, 2.05) is 19.9 Å². The van der Waals surface area contributed by atoms with Crippen molar-refractivity contribution in [2.24, 2.45) is 0 Å². The number of nitrogens with one attached hydrogen (secondary N) is 1. The lowest BCUT2D eigenvalue weighted by atomic mass is 10.1. The lowest BCUT2D eigenvalue weighted by Crippen LogP contribution is -2.17. The Balaban J connectivity index is 2.09. The number of hydrogen-bond acceptors (Lipinski definition) is 4. The number of fused-ring (bicyclic) bond motifs is 1. The van der Waals surface area contributed by atoms with Crippen molar-refractivity contribution in [1.29, 1.82) is 0 Å². The van der Waals surface area contributed by atoms with E-state index in [-0.39, 0.29) is 16.8 Å². The number of benzene rings is 1. The molecule has 9 heteroatoms. The minimum absolute atomic E-state index is 0.0750. The summed E-state index contributed by atoms with van der Waals surface area (Å²) in [5.41, 5.74) is 1.97. The number of carbonyl (C=O) groups is 3. The predicted octanol–water partition coefficient (Wildman–Crippen LogP) is 3.62. The lowest BCUT2D eigenvalue weighted by Gasteiger charge is -2.09. The molecule has 8 nitrogen and oxygen atoms in total. The fraction of sp³-hybridized carbons (Fsp3) is 0.158. The molecule has 144 valence electrons. The van der Waals surface area contributed by atoms with E-state index >= 15 is 0 Å². The van der Waals surface area contributed by atoms with Gasteiger partial charge in [-0.2, -0.15) is 0 Å². The fourth-order valence-electron chi connectivity index (χ4n) is 2.90. The van der Waals surface area contributed by atoms with Gasteiger partial charge in [0.25, 0.3) is 5.91 Å². The van der Waals surface area contributed by atoms with Crippen molar-refractivity contribution >= 4 is 45.1 Å². The number of carboxylic acids is 2. The van der Waals surface area contributed by atoms with Crippen LogP contribution in [0.5, 0.6) is 0 Å². The van der Waals surface area contributed by atoms with E-state index in [4.69, 9.17) is 0 Å². The number of anilines is 1. The van der Waals surface area contributed by atoms with Gasteiger partial charge >= 0.3 is 11.9 Å². The van der Waals surface area contributed by atoms with E-state index in [0.717, 1.165) is 16.1 Å². The van der Waals surface area contributed by atoms with Crippen LogP contribution in [0.3, 0.4) is 0 Å². The van der Waals surface area contributed by atoms with E-state index in [0.29, 0.717) is 23.5 Å². The molecule has 1 aromatic carbocycles. The molecule has 2 heterocycles. The first-order valence-electron chi connectivity index (χ1n) is 8.31. The monoisotopic (exact) mass is 445 g/mol. The SMILES string of the molecule is CCc1nc2c(Br)cc(C)cn2c1C(=O)Nc1cc(C(=O)O)cc(C(=O)O)c1. The molecule has 0 aliphatic carbocycles. The summed E-state index contributed by atoms with van der Waals surface area (Å²) in [5.74, 6) is -3.09. The van der Waals surface area contributed by atoms with E-state index in [2.05, 4.69) is 26.2 Å². The van der Waals surface area contributed by atoms with Gasteiger partial charge in [-0.3, -0.25) is 9.20 Å². The average molecular weight is 446 g/mol. The van der Waals surface area contributed by atoms with Crippen LogP contribution in [0.15, 0.2) is 34.9 Å². The summed E-state index contributed by atoms with van der Waals surface area (Å²) < 4.78 is 2.40. The van der Waals surface area contributed by atoms with Gasteiger partial charge in [0.2, 0.25) is 0 Å². The number of nitrogens with zero attached hydrogens (tertiary/aromatic N) is 2. The van der Waals surface area contributed by atoms with Crippen molar-refractivity contribution in [3.8, 4) is 0 Å².